The van der Waals surface area contributed by atoms with Gasteiger partial charge in [-0.25, -0.2) is 14.4 Å². The van der Waals surface area contributed by atoms with Crippen LogP contribution in [0.4, 0.5) is 0 Å². The van der Waals surface area contributed by atoms with Gasteiger partial charge in [0.15, 0.2) is 0 Å². The van der Waals surface area contributed by atoms with Crippen LogP contribution in [0.1, 0.15) is 50.7 Å². The molecule has 0 aliphatic heterocycles. The Bertz CT molecular complexity index is 1660. The summed E-state index contributed by atoms with van der Waals surface area (Å²) in [6, 6.07) is 19.6. The van der Waals surface area contributed by atoms with Gasteiger partial charge in [0.25, 0.3) is 0 Å². The predicted octanol–water partition coefficient (Wildman–Crippen LogP) is 6.38. The third-order valence-corrected chi connectivity index (χ3v) is 6.74. The van der Waals surface area contributed by atoms with Crippen molar-refractivity contribution in [2.45, 2.75) is 39.5 Å². The van der Waals surface area contributed by atoms with Crippen LogP contribution in [0, 0.1) is 0 Å². The number of fused-ring (bicyclic) bond motifs is 10. The van der Waals surface area contributed by atoms with Crippen LogP contribution < -0.4 is 0 Å². The Labute approximate surface area is 178 Å². The Hall–Kier alpha value is -3.60. The smallest absolute Gasteiger partial charge is 0.223 e. The first-order valence-electron chi connectivity index (χ1n) is 11.0. The highest BCUT2D eigenvalue weighted by atomic mass is 15.3. The van der Waals surface area contributed by atoms with Crippen LogP contribution in [0.5, 0.6) is 0 Å². The van der Waals surface area contributed by atoms with Crippen molar-refractivity contribution in [3.8, 4) is 0 Å². The molecule has 31 heavy (non-hydrogen) atoms. The molecular weight excluding hydrogens is 382 g/mol. The Morgan fingerprint density at radius 1 is 0.548 bits per heavy atom. The van der Waals surface area contributed by atoms with Crippen LogP contribution in [-0.4, -0.2) is 23.2 Å². The fraction of sp³-hybridized carbons (Fsp3) is 0.231. The van der Waals surface area contributed by atoms with Crippen molar-refractivity contribution >= 4 is 50.2 Å². The van der Waals surface area contributed by atoms with Crippen molar-refractivity contribution in [1.29, 1.82) is 0 Å². The summed E-state index contributed by atoms with van der Waals surface area (Å²) >= 11 is 0. The largest absolute Gasteiger partial charge is 0.276 e. The molecule has 7 aromatic rings. The second-order valence-corrected chi connectivity index (χ2v) is 9.21. The molecule has 0 aliphatic rings. The lowest BCUT2D eigenvalue weighted by Crippen LogP contribution is -1.90. The summed E-state index contributed by atoms with van der Waals surface area (Å²) in [5.74, 6) is 2.71. The van der Waals surface area contributed by atoms with Crippen molar-refractivity contribution in [2.24, 2.45) is 0 Å². The number of para-hydroxylation sites is 3. The molecule has 0 aliphatic carbocycles. The van der Waals surface area contributed by atoms with Crippen LogP contribution in [0.3, 0.4) is 0 Å². The molecule has 0 saturated carbocycles. The molecule has 3 aromatic carbocycles. The molecule has 0 N–H and O–H groups in total. The summed E-state index contributed by atoms with van der Waals surface area (Å²) in [5.41, 5.74) is 10.6. The standard InChI is InChI=1S/C26H23N5/c1-14(2)16-8-5-10-18-22(16)27-25-29(18)20-12-7-13-21-24(20)31(25)26-28-23-17(15(3)4)9-6-11-19(23)30(21)26/h5-15H,1-4H3. The van der Waals surface area contributed by atoms with Gasteiger partial charge < -0.3 is 0 Å². The highest BCUT2D eigenvalue weighted by Gasteiger charge is 2.24. The Kier molecular flexibility index (Phi) is 3.06. The SMILES string of the molecule is CC(C)c1cccc2c1nc1n2c2cccc3c2n1c1nc2c(C(C)C)cccc2n31. The van der Waals surface area contributed by atoms with Crippen LogP contribution in [0.25, 0.3) is 50.2 Å². The molecule has 0 bridgehead atoms. The van der Waals surface area contributed by atoms with Gasteiger partial charge in [-0.15, -0.1) is 0 Å². The predicted molar refractivity (Wildman–Crippen MR) is 127 cm³/mol. The second kappa shape index (κ2) is 5.55. The van der Waals surface area contributed by atoms with Gasteiger partial charge in [-0.3, -0.25) is 8.80 Å². The molecular formula is C26H23N5. The molecule has 7 rings (SSSR count). The van der Waals surface area contributed by atoms with E-state index in [0.717, 1.165) is 33.6 Å². The third kappa shape index (κ3) is 1.92. The van der Waals surface area contributed by atoms with Gasteiger partial charge >= 0.3 is 0 Å². The summed E-state index contributed by atoms with van der Waals surface area (Å²) in [5, 5.41) is 0. The van der Waals surface area contributed by atoms with Crippen LogP contribution in [0.2, 0.25) is 0 Å². The summed E-state index contributed by atoms with van der Waals surface area (Å²) in [6.07, 6.45) is 0. The maximum Gasteiger partial charge on any atom is 0.223 e. The molecule has 0 spiro atoms. The number of aromatic nitrogens is 5. The molecule has 0 fully saturated rings. The average molecular weight is 406 g/mol. The fourth-order valence-corrected chi connectivity index (χ4v) is 5.32. The Morgan fingerprint density at radius 2 is 0.968 bits per heavy atom. The van der Waals surface area contributed by atoms with E-state index in [4.69, 9.17) is 9.97 Å². The van der Waals surface area contributed by atoms with Gasteiger partial charge in [0.2, 0.25) is 11.6 Å². The molecule has 152 valence electrons. The van der Waals surface area contributed by atoms with Gasteiger partial charge in [0.1, 0.15) is 5.52 Å². The number of rotatable bonds is 2. The van der Waals surface area contributed by atoms with E-state index in [1.165, 1.54) is 27.7 Å². The maximum absolute atomic E-state index is 5.18. The molecule has 0 amide bonds. The monoisotopic (exact) mass is 405 g/mol. The first kappa shape index (κ1) is 17.1. The summed E-state index contributed by atoms with van der Waals surface area (Å²) in [7, 11) is 0. The Balaban J connectivity index is 1.77. The lowest BCUT2D eigenvalue weighted by molar-refractivity contribution is 0.873. The van der Waals surface area contributed by atoms with E-state index >= 15 is 0 Å². The number of nitrogens with zero attached hydrogens (tertiary/aromatic N) is 5. The Morgan fingerprint density at radius 3 is 1.42 bits per heavy atom. The molecule has 4 aromatic heterocycles. The number of benzene rings is 3. The molecule has 0 atom stereocenters. The average Bonchev–Trinajstić information content (AvgIpc) is 3.46. The second-order valence-electron chi connectivity index (χ2n) is 9.21. The lowest BCUT2D eigenvalue weighted by Gasteiger charge is -2.06. The van der Waals surface area contributed by atoms with Crippen LogP contribution >= 0.6 is 0 Å². The molecule has 0 saturated heterocycles. The van der Waals surface area contributed by atoms with Crippen molar-refractivity contribution in [2.75, 3.05) is 0 Å². The summed E-state index contributed by atoms with van der Waals surface area (Å²) in [4.78, 5) is 10.4. The molecule has 0 radical (unpaired) electrons. The van der Waals surface area contributed by atoms with E-state index in [1.54, 1.807) is 0 Å². The minimum atomic E-state index is 0.418. The van der Waals surface area contributed by atoms with E-state index in [9.17, 15) is 0 Å². The minimum absolute atomic E-state index is 0.418. The number of imidazole rings is 4. The summed E-state index contributed by atoms with van der Waals surface area (Å²) in [6.45, 7) is 8.92. The third-order valence-electron chi connectivity index (χ3n) is 6.74. The normalized spacial score (nSPS) is 13.1. The van der Waals surface area contributed by atoms with Crippen molar-refractivity contribution in [3.05, 3.63) is 65.7 Å². The zero-order valence-electron chi connectivity index (χ0n) is 18.1. The fourth-order valence-electron chi connectivity index (χ4n) is 5.32. The minimum Gasteiger partial charge on any atom is -0.276 e. The van der Waals surface area contributed by atoms with Crippen LogP contribution in [-0.2, 0) is 0 Å². The van der Waals surface area contributed by atoms with E-state index in [1.807, 2.05) is 0 Å². The number of hydrogen-bond donors (Lipinski definition) is 0. The van der Waals surface area contributed by atoms with Crippen LogP contribution in [0.15, 0.2) is 54.6 Å². The first-order chi connectivity index (χ1) is 15.1. The molecule has 4 heterocycles. The van der Waals surface area contributed by atoms with E-state index < -0.39 is 0 Å². The maximum atomic E-state index is 5.18. The van der Waals surface area contributed by atoms with E-state index in [0.29, 0.717) is 11.8 Å². The molecule has 5 nitrogen and oxygen atoms in total. The van der Waals surface area contributed by atoms with Gasteiger partial charge in [-0.2, -0.15) is 0 Å². The topological polar surface area (TPSA) is 39.0 Å². The van der Waals surface area contributed by atoms with Crippen molar-refractivity contribution in [3.63, 3.8) is 0 Å². The zero-order chi connectivity index (χ0) is 21.0. The first-order valence-corrected chi connectivity index (χ1v) is 11.0. The highest BCUT2D eigenvalue weighted by Crippen LogP contribution is 2.36. The number of hydrogen-bond acceptors (Lipinski definition) is 2. The van der Waals surface area contributed by atoms with Gasteiger partial charge in [-0.1, -0.05) is 58.0 Å². The summed E-state index contributed by atoms with van der Waals surface area (Å²) < 4.78 is 6.84. The van der Waals surface area contributed by atoms with Gasteiger partial charge in [0.05, 0.1) is 33.1 Å². The molecule has 5 heteroatoms. The highest BCUT2D eigenvalue weighted by molar-refractivity contribution is 6.04. The van der Waals surface area contributed by atoms with Crippen molar-refractivity contribution in [1.82, 2.24) is 23.2 Å². The van der Waals surface area contributed by atoms with Crippen molar-refractivity contribution < 1.29 is 0 Å². The van der Waals surface area contributed by atoms with Gasteiger partial charge in [0, 0.05) is 0 Å². The quantitative estimate of drug-likeness (QED) is 0.335. The lowest BCUT2D eigenvalue weighted by atomic mass is 10.0. The molecule has 0 unspecified atom stereocenters. The van der Waals surface area contributed by atoms with E-state index in [-0.39, 0.29) is 0 Å². The zero-order valence-corrected chi connectivity index (χ0v) is 18.1. The van der Waals surface area contributed by atoms with Gasteiger partial charge in [-0.05, 0) is 47.2 Å². The van der Waals surface area contributed by atoms with E-state index in [2.05, 4.69) is 95.5 Å².